The van der Waals surface area contributed by atoms with Crippen LogP contribution in [0.25, 0.3) is 6.08 Å². The smallest absolute Gasteiger partial charge is 0.247 e. The summed E-state index contributed by atoms with van der Waals surface area (Å²) in [6.45, 7) is 0.700. The van der Waals surface area contributed by atoms with Gasteiger partial charge in [0.05, 0.1) is 18.6 Å². The summed E-state index contributed by atoms with van der Waals surface area (Å²) in [7, 11) is 0. The molecule has 3 heterocycles. The number of amides is 1. The molecule has 1 atom stereocenters. The predicted octanol–water partition coefficient (Wildman–Crippen LogP) is 5.18. The Morgan fingerprint density at radius 2 is 2.08 bits per heavy atom. The summed E-state index contributed by atoms with van der Waals surface area (Å²) in [5.74, 6) is 0.000185. The average Bonchev–Trinajstić information content (AvgIpc) is 3.31. The van der Waals surface area contributed by atoms with Crippen LogP contribution in [0.2, 0.25) is 5.02 Å². The van der Waals surface area contributed by atoms with Crippen molar-refractivity contribution in [2.75, 3.05) is 6.54 Å². The molecule has 2 aromatic heterocycles. The van der Waals surface area contributed by atoms with E-state index in [1.54, 1.807) is 36.0 Å². The Balaban J connectivity index is 1.68. The van der Waals surface area contributed by atoms with Crippen LogP contribution in [-0.2, 0) is 11.2 Å². The minimum atomic E-state index is -0.0671. The maximum Gasteiger partial charge on any atom is 0.247 e. The summed E-state index contributed by atoms with van der Waals surface area (Å²) >= 11 is 7.74. The number of benzene rings is 1. The number of carbonyl (C=O) groups is 1. The highest BCUT2D eigenvalue weighted by Crippen LogP contribution is 2.39. The van der Waals surface area contributed by atoms with Crippen LogP contribution in [0, 0.1) is 0 Å². The minimum absolute atomic E-state index is 0.000185. The SMILES string of the molecule is O=C(C=Cc1ccoc1)N1CCc2ccsc2C1c1ccc(Cl)cc1. The molecule has 0 radical (unpaired) electrons. The van der Waals surface area contributed by atoms with E-state index in [-0.39, 0.29) is 11.9 Å². The van der Waals surface area contributed by atoms with E-state index in [1.165, 1.54) is 10.4 Å². The molecule has 0 saturated carbocycles. The van der Waals surface area contributed by atoms with Gasteiger partial charge in [0.1, 0.15) is 0 Å². The van der Waals surface area contributed by atoms with Gasteiger partial charge in [-0.3, -0.25) is 4.79 Å². The summed E-state index contributed by atoms with van der Waals surface area (Å²) in [6.07, 6.45) is 7.50. The Labute approximate surface area is 155 Å². The summed E-state index contributed by atoms with van der Waals surface area (Å²) in [6, 6.07) is 11.7. The van der Waals surface area contributed by atoms with Gasteiger partial charge >= 0.3 is 0 Å². The van der Waals surface area contributed by atoms with E-state index in [2.05, 4.69) is 11.4 Å². The molecule has 0 N–H and O–H groups in total. The zero-order valence-electron chi connectivity index (χ0n) is 13.4. The molecule has 0 bridgehead atoms. The average molecular weight is 370 g/mol. The van der Waals surface area contributed by atoms with Gasteiger partial charge < -0.3 is 9.32 Å². The Morgan fingerprint density at radius 1 is 1.24 bits per heavy atom. The second-order valence-corrected chi connectivity index (χ2v) is 7.32. The molecule has 1 amide bonds. The third kappa shape index (κ3) is 3.28. The van der Waals surface area contributed by atoms with Gasteiger partial charge in [-0.25, -0.2) is 0 Å². The van der Waals surface area contributed by atoms with Crippen molar-refractivity contribution in [1.29, 1.82) is 0 Å². The monoisotopic (exact) mass is 369 g/mol. The lowest BCUT2D eigenvalue weighted by atomic mass is 9.95. The maximum absolute atomic E-state index is 12.9. The quantitative estimate of drug-likeness (QED) is 0.596. The summed E-state index contributed by atoms with van der Waals surface area (Å²) < 4.78 is 5.04. The lowest BCUT2D eigenvalue weighted by Crippen LogP contribution is -2.39. The molecule has 4 rings (SSSR count). The molecule has 126 valence electrons. The van der Waals surface area contributed by atoms with Crippen molar-refractivity contribution < 1.29 is 9.21 Å². The second kappa shape index (κ2) is 6.90. The molecule has 1 unspecified atom stereocenters. The molecular weight excluding hydrogens is 354 g/mol. The summed E-state index contributed by atoms with van der Waals surface area (Å²) in [5.41, 5.74) is 3.29. The molecule has 0 fully saturated rings. The molecule has 1 aliphatic rings. The number of thiophene rings is 1. The largest absolute Gasteiger partial charge is 0.472 e. The first-order valence-electron chi connectivity index (χ1n) is 8.05. The van der Waals surface area contributed by atoms with E-state index < -0.39 is 0 Å². The van der Waals surface area contributed by atoms with Gasteiger partial charge in [-0.2, -0.15) is 0 Å². The van der Waals surface area contributed by atoms with Gasteiger partial charge in [0, 0.05) is 28.1 Å². The molecule has 3 nitrogen and oxygen atoms in total. The number of carbonyl (C=O) groups excluding carboxylic acids is 1. The van der Waals surface area contributed by atoms with Crippen LogP contribution in [0.3, 0.4) is 0 Å². The molecule has 0 saturated heterocycles. The van der Waals surface area contributed by atoms with Crippen LogP contribution in [0.15, 0.2) is 64.8 Å². The zero-order chi connectivity index (χ0) is 17.2. The summed E-state index contributed by atoms with van der Waals surface area (Å²) in [4.78, 5) is 16.0. The standard InChI is InChI=1S/C20H16ClNO2S/c21-17-4-2-15(3-5-17)19-20-16(9-12-25-20)7-10-22(19)18(23)6-1-14-8-11-24-13-14/h1-6,8-9,11-13,19H,7,10H2. The fourth-order valence-corrected chi connectivity index (χ4v) is 4.37. The number of nitrogens with zero attached hydrogens (tertiary/aromatic N) is 1. The zero-order valence-corrected chi connectivity index (χ0v) is 15.0. The van der Waals surface area contributed by atoms with Crippen molar-refractivity contribution in [3.8, 4) is 0 Å². The lowest BCUT2D eigenvalue weighted by Gasteiger charge is -2.35. The van der Waals surface area contributed by atoms with Crippen LogP contribution in [0.4, 0.5) is 0 Å². The van der Waals surface area contributed by atoms with Gasteiger partial charge in [0.25, 0.3) is 0 Å². The number of hydrogen-bond acceptors (Lipinski definition) is 3. The number of rotatable bonds is 3. The van der Waals surface area contributed by atoms with Gasteiger partial charge in [-0.05, 0) is 53.3 Å². The highest BCUT2D eigenvalue weighted by molar-refractivity contribution is 7.10. The van der Waals surface area contributed by atoms with Gasteiger partial charge in [-0.15, -0.1) is 11.3 Å². The molecule has 0 aliphatic carbocycles. The first kappa shape index (κ1) is 16.2. The second-order valence-electron chi connectivity index (χ2n) is 5.94. The topological polar surface area (TPSA) is 33.5 Å². The molecule has 1 aliphatic heterocycles. The fourth-order valence-electron chi connectivity index (χ4n) is 3.15. The van der Waals surface area contributed by atoms with Crippen LogP contribution >= 0.6 is 22.9 Å². The first-order valence-corrected chi connectivity index (χ1v) is 9.31. The van der Waals surface area contributed by atoms with E-state index >= 15 is 0 Å². The maximum atomic E-state index is 12.9. The van der Waals surface area contributed by atoms with E-state index in [4.69, 9.17) is 16.0 Å². The molecule has 3 aromatic rings. The van der Waals surface area contributed by atoms with E-state index in [9.17, 15) is 4.79 Å². The highest BCUT2D eigenvalue weighted by atomic mass is 35.5. The van der Waals surface area contributed by atoms with E-state index in [0.717, 1.165) is 17.5 Å². The fraction of sp³-hybridized carbons (Fsp3) is 0.150. The van der Waals surface area contributed by atoms with Gasteiger partial charge in [0.15, 0.2) is 0 Å². The van der Waals surface area contributed by atoms with Crippen LogP contribution in [0.1, 0.15) is 27.6 Å². The molecular formula is C20H16ClNO2S. The Bertz CT molecular complexity index is 896. The number of fused-ring (bicyclic) bond motifs is 1. The lowest BCUT2D eigenvalue weighted by molar-refractivity contribution is -0.127. The van der Waals surface area contributed by atoms with Crippen molar-refractivity contribution in [2.24, 2.45) is 0 Å². The van der Waals surface area contributed by atoms with Crippen molar-refractivity contribution >= 4 is 34.9 Å². The molecule has 0 spiro atoms. The predicted molar refractivity (Wildman–Crippen MR) is 101 cm³/mol. The van der Waals surface area contributed by atoms with Crippen LogP contribution in [0.5, 0.6) is 0 Å². The summed E-state index contributed by atoms with van der Waals surface area (Å²) in [5, 5.41) is 2.80. The van der Waals surface area contributed by atoms with Crippen molar-refractivity contribution in [3.05, 3.63) is 87.0 Å². The Hall–Kier alpha value is -2.30. The van der Waals surface area contributed by atoms with Crippen molar-refractivity contribution in [3.63, 3.8) is 0 Å². The Kier molecular flexibility index (Phi) is 4.47. The van der Waals surface area contributed by atoms with Crippen LogP contribution < -0.4 is 0 Å². The minimum Gasteiger partial charge on any atom is -0.472 e. The third-order valence-corrected chi connectivity index (χ3v) is 5.66. The first-order chi connectivity index (χ1) is 12.2. The van der Waals surface area contributed by atoms with Crippen molar-refractivity contribution in [2.45, 2.75) is 12.5 Å². The molecule has 1 aromatic carbocycles. The normalized spacial score (nSPS) is 17.0. The van der Waals surface area contributed by atoms with E-state index in [1.807, 2.05) is 35.2 Å². The van der Waals surface area contributed by atoms with Gasteiger partial charge in [-0.1, -0.05) is 23.7 Å². The van der Waals surface area contributed by atoms with E-state index in [0.29, 0.717) is 11.6 Å². The number of furan rings is 1. The molecule has 25 heavy (non-hydrogen) atoms. The third-order valence-electron chi connectivity index (χ3n) is 4.39. The molecule has 5 heteroatoms. The van der Waals surface area contributed by atoms with Gasteiger partial charge in [0.2, 0.25) is 5.91 Å². The highest BCUT2D eigenvalue weighted by Gasteiger charge is 2.32. The van der Waals surface area contributed by atoms with Crippen molar-refractivity contribution in [1.82, 2.24) is 4.90 Å². The Morgan fingerprint density at radius 3 is 2.84 bits per heavy atom. The van der Waals surface area contributed by atoms with Crippen LogP contribution in [-0.4, -0.2) is 17.4 Å². The number of hydrogen-bond donors (Lipinski definition) is 0. The number of halogens is 1.